The fourth-order valence-corrected chi connectivity index (χ4v) is 2.68. The third kappa shape index (κ3) is 1.39. The van der Waals surface area contributed by atoms with Crippen molar-refractivity contribution in [1.29, 1.82) is 0 Å². The Balaban J connectivity index is 2.01. The second-order valence-corrected chi connectivity index (χ2v) is 4.12. The van der Waals surface area contributed by atoms with Gasteiger partial charge in [0.15, 0.2) is 0 Å². The zero-order valence-corrected chi connectivity index (χ0v) is 7.75. The largest absolute Gasteiger partial charge is 0.453 e. The number of carbonyl (C=O) groups is 1. The molecule has 4 nitrogen and oxygen atoms in total. The number of nitrogens with one attached hydrogen (secondary N) is 1. The van der Waals surface area contributed by atoms with Crippen molar-refractivity contribution in [3.63, 3.8) is 0 Å². The Bertz CT molecular complexity index is 231. The molecule has 0 aromatic carbocycles. The predicted molar refractivity (Wildman–Crippen MR) is 45.9 cm³/mol. The van der Waals surface area contributed by atoms with Gasteiger partial charge in [-0.3, -0.25) is 5.32 Å². The summed E-state index contributed by atoms with van der Waals surface area (Å²) in [6, 6.07) is 0. The van der Waals surface area contributed by atoms with Crippen LogP contribution < -0.4 is 5.32 Å². The molecule has 2 aliphatic rings. The molecule has 2 aliphatic carbocycles. The molecule has 0 aromatic heterocycles. The van der Waals surface area contributed by atoms with Gasteiger partial charge in [0.25, 0.3) is 0 Å². The van der Waals surface area contributed by atoms with Gasteiger partial charge in [-0.2, -0.15) is 0 Å². The van der Waals surface area contributed by atoms with Gasteiger partial charge in [0.05, 0.1) is 7.11 Å². The van der Waals surface area contributed by atoms with Crippen LogP contribution in [0.1, 0.15) is 25.7 Å². The van der Waals surface area contributed by atoms with Crippen molar-refractivity contribution in [1.82, 2.24) is 5.32 Å². The molecular formula is C9H15NO3. The van der Waals surface area contributed by atoms with Crippen LogP contribution >= 0.6 is 0 Å². The molecule has 0 radical (unpaired) electrons. The van der Waals surface area contributed by atoms with Crippen LogP contribution in [0.4, 0.5) is 4.79 Å². The summed E-state index contributed by atoms with van der Waals surface area (Å²) in [5, 5.41) is 12.6. The van der Waals surface area contributed by atoms with Gasteiger partial charge in [-0.25, -0.2) is 4.79 Å². The first kappa shape index (κ1) is 8.81. The minimum absolute atomic E-state index is 0.233. The molecule has 4 heteroatoms. The first-order valence-corrected chi connectivity index (χ1v) is 4.72. The molecule has 0 aliphatic heterocycles. The van der Waals surface area contributed by atoms with E-state index in [1.54, 1.807) is 0 Å². The summed E-state index contributed by atoms with van der Waals surface area (Å²) in [6.45, 7) is 0. The van der Waals surface area contributed by atoms with E-state index in [0.717, 1.165) is 12.8 Å². The molecule has 0 spiro atoms. The summed E-state index contributed by atoms with van der Waals surface area (Å²) in [6.07, 6.45) is 3.41. The SMILES string of the molecule is COC(=O)N[C@@]1(O)C[C@H]2CC[C@@H]1C2. The average molecular weight is 185 g/mol. The Morgan fingerprint density at radius 2 is 2.38 bits per heavy atom. The molecule has 0 unspecified atom stereocenters. The van der Waals surface area contributed by atoms with Crippen molar-refractivity contribution in [2.45, 2.75) is 31.4 Å². The van der Waals surface area contributed by atoms with E-state index in [9.17, 15) is 9.90 Å². The summed E-state index contributed by atoms with van der Waals surface area (Å²) in [4.78, 5) is 11.0. The van der Waals surface area contributed by atoms with Gasteiger partial charge in [0, 0.05) is 5.92 Å². The van der Waals surface area contributed by atoms with E-state index in [2.05, 4.69) is 10.1 Å². The maximum atomic E-state index is 11.0. The summed E-state index contributed by atoms with van der Waals surface area (Å²) >= 11 is 0. The lowest BCUT2D eigenvalue weighted by molar-refractivity contribution is -0.0398. The second-order valence-electron chi connectivity index (χ2n) is 4.12. The lowest BCUT2D eigenvalue weighted by Gasteiger charge is -2.32. The molecule has 2 saturated carbocycles. The maximum Gasteiger partial charge on any atom is 0.409 e. The topological polar surface area (TPSA) is 58.6 Å². The highest BCUT2D eigenvalue weighted by atomic mass is 16.5. The Labute approximate surface area is 77.3 Å². The third-order valence-electron chi connectivity index (χ3n) is 3.32. The monoisotopic (exact) mass is 185 g/mol. The molecule has 2 rings (SSSR count). The molecule has 74 valence electrons. The van der Waals surface area contributed by atoms with Gasteiger partial charge >= 0.3 is 6.09 Å². The normalized spacial score (nSPS) is 42.0. The Morgan fingerprint density at radius 1 is 1.62 bits per heavy atom. The number of hydrogen-bond donors (Lipinski definition) is 2. The van der Waals surface area contributed by atoms with Crippen molar-refractivity contribution >= 4 is 6.09 Å². The lowest BCUT2D eigenvalue weighted by atomic mass is 9.92. The van der Waals surface area contributed by atoms with Crippen LogP contribution in [0.25, 0.3) is 0 Å². The zero-order chi connectivity index (χ0) is 9.47. The van der Waals surface area contributed by atoms with Crippen LogP contribution in [0.5, 0.6) is 0 Å². The Morgan fingerprint density at radius 3 is 2.85 bits per heavy atom. The van der Waals surface area contributed by atoms with Crippen molar-refractivity contribution < 1.29 is 14.6 Å². The van der Waals surface area contributed by atoms with Crippen LogP contribution in [-0.4, -0.2) is 24.0 Å². The van der Waals surface area contributed by atoms with Crippen LogP contribution in [-0.2, 0) is 4.74 Å². The number of ether oxygens (including phenoxy) is 1. The Hall–Kier alpha value is -0.770. The van der Waals surface area contributed by atoms with Gasteiger partial charge < -0.3 is 9.84 Å². The number of amides is 1. The summed E-state index contributed by atoms with van der Waals surface area (Å²) in [5.41, 5.74) is -0.990. The quantitative estimate of drug-likeness (QED) is 0.595. The average Bonchev–Trinajstić information content (AvgIpc) is 2.62. The molecule has 1 amide bonds. The number of hydrogen-bond acceptors (Lipinski definition) is 3. The number of carbonyl (C=O) groups excluding carboxylic acids is 1. The fraction of sp³-hybridized carbons (Fsp3) is 0.889. The summed E-state index contributed by atoms with van der Waals surface area (Å²) in [5.74, 6) is 0.823. The van der Waals surface area contributed by atoms with Crippen molar-refractivity contribution in [2.24, 2.45) is 11.8 Å². The number of rotatable bonds is 1. The van der Waals surface area contributed by atoms with E-state index in [4.69, 9.17) is 0 Å². The number of fused-ring (bicyclic) bond motifs is 2. The van der Waals surface area contributed by atoms with Gasteiger partial charge in [-0.05, 0) is 31.6 Å². The highest BCUT2D eigenvalue weighted by Crippen LogP contribution is 2.49. The van der Waals surface area contributed by atoms with Gasteiger partial charge in [-0.15, -0.1) is 0 Å². The number of alkyl carbamates (subject to hydrolysis) is 1. The molecule has 2 fully saturated rings. The van der Waals surface area contributed by atoms with Crippen LogP contribution in [0.3, 0.4) is 0 Å². The van der Waals surface area contributed by atoms with E-state index in [-0.39, 0.29) is 5.92 Å². The summed E-state index contributed by atoms with van der Waals surface area (Å²) < 4.78 is 4.47. The number of methoxy groups -OCH3 is 1. The molecular weight excluding hydrogens is 170 g/mol. The molecule has 0 aromatic rings. The van der Waals surface area contributed by atoms with E-state index < -0.39 is 11.8 Å². The van der Waals surface area contributed by atoms with E-state index in [1.165, 1.54) is 13.5 Å². The van der Waals surface area contributed by atoms with E-state index >= 15 is 0 Å². The smallest absolute Gasteiger partial charge is 0.409 e. The molecule has 0 heterocycles. The number of aliphatic hydroxyl groups is 1. The zero-order valence-electron chi connectivity index (χ0n) is 7.75. The highest BCUT2D eigenvalue weighted by molar-refractivity contribution is 5.67. The molecule has 3 atom stereocenters. The van der Waals surface area contributed by atoms with Crippen LogP contribution in [0.2, 0.25) is 0 Å². The van der Waals surface area contributed by atoms with E-state index in [0.29, 0.717) is 12.3 Å². The van der Waals surface area contributed by atoms with Crippen LogP contribution in [0.15, 0.2) is 0 Å². The van der Waals surface area contributed by atoms with Crippen LogP contribution in [0, 0.1) is 11.8 Å². The maximum absolute atomic E-state index is 11.0. The summed E-state index contributed by atoms with van der Waals surface area (Å²) in [7, 11) is 1.31. The standard InChI is InChI=1S/C9H15NO3/c1-13-8(11)10-9(12)5-6-2-3-7(9)4-6/h6-7,12H,2-5H2,1H3,(H,10,11)/t6-,7+,9+/m0/s1. The second kappa shape index (κ2) is 2.87. The van der Waals surface area contributed by atoms with Gasteiger partial charge in [0.1, 0.15) is 5.72 Å². The van der Waals surface area contributed by atoms with Crippen molar-refractivity contribution in [2.75, 3.05) is 7.11 Å². The molecule has 2 bridgehead atoms. The Kier molecular flexibility index (Phi) is 1.95. The first-order chi connectivity index (χ1) is 6.14. The molecule has 0 saturated heterocycles. The van der Waals surface area contributed by atoms with Crippen molar-refractivity contribution in [3.8, 4) is 0 Å². The third-order valence-corrected chi connectivity index (χ3v) is 3.32. The molecule has 13 heavy (non-hydrogen) atoms. The molecule has 2 N–H and O–H groups in total. The van der Waals surface area contributed by atoms with Gasteiger partial charge in [0.2, 0.25) is 0 Å². The van der Waals surface area contributed by atoms with Crippen molar-refractivity contribution in [3.05, 3.63) is 0 Å². The van der Waals surface area contributed by atoms with E-state index in [1.807, 2.05) is 0 Å². The highest BCUT2D eigenvalue weighted by Gasteiger charge is 2.51. The predicted octanol–water partition coefficient (Wildman–Crippen LogP) is 0.851. The fourth-order valence-electron chi connectivity index (χ4n) is 2.68. The lowest BCUT2D eigenvalue weighted by Crippen LogP contribution is -2.52. The van der Waals surface area contributed by atoms with Gasteiger partial charge in [-0.1, -0.05) is 0 Å². The minimum atomic E-state index is -0.990. The minimum Gasteiger partial charge on any atom is -0.453 e. The first-order valence-electron chi connectivity index (χ1n) is 4.72.